The highest BCUT2D eigenvalue weighted by molar-refractivity contribution is 14.0. The lowest BCUT2D eigenvalue weighted by Gasteiger charge is -2.13. The van der Waals surface area contributed by atoms with Crippen LogP contribution in [0.4, 0.5) is 0 Å². The Hall–Kier alpha value is -1.77. The fraction of sp³-hybridized carbons (Fsp3) is 0.474. The number of guanidine groups is 1. The summed E-state index contributed by atoms with van der Waals surface area (Å²) in [7, 11) is 0. The molecule has 1 unspecified atom stereocenters. The van der Waals surface area contributed by atoms with Crippen LogP contribution in [0.3, 0.4) is 0 Å². The van der Waals surface area contributed by atoms with E-state index in [9.17, 15) is 0 Å². The molecule has 7 heteroatoms. The van der Waals surface area contributed by atoms with E-state index >= 15 is 0 Å². The van der Waals surface area contributed by atoms with E-state index in [4.69, 9.17) is 4.74 Å². The fourth-order valence-corrected chi connectivity index (χ4v) is 3.00. The quantitative estimate of drug-likeness (QED) is 0.253. The van der Waals surface area contributed by atoms with Crippen molar-refractivity contribution in [3.63, 3.8) is 0 Å². The normalized spacial score (nSPS) is 15.8. The largest absolute Gasteiger partial charge is 0.488 e. The summed E-state index contributed by atoms with van der Waals surface area (Å²) in [5.74, 6) is 1.85. The molecular weight excluding hydrogens is 441 g/mol. The molecule has 1 aromatic carbocycles. The molecule has 2 aromatic rings. The van der Waals surface area contributed by atoms with Gasteiger partial charge in [-0.25, -0.2) is 4.99 Å². The van der Waals surface area contributed by atoms with Crippen molar-refractivity contribution in [3.8, 4) is 5.75 Å². The predicted molar refractivity (Wildman–Crippen MR) is 116 cm³/mol. The fourth-order valence-electron chi connectivity index (χ4n) is 3.00. The van der Waals surface area contributed by atoms with Crippen LogP contribution < -0.4 is 15.4 Å². The number of rotatable bonds is 7. The number of aryl methyl sites for hydroxylation is 2. The van der Waals surface area contributed by atoms with Gasteiger partial charge in [0.1, 0.15) is 11.9 Å². The Morgan fingerprint density at radius 2 is 2.19 bits per heavy atom. The third-order valence-corrected chi connectivity index (χ3v) is 4.36. The van der Waals surface area contributed by atoms with Gasteiger partial charge in [-0.1, -0.05) is 18.2 Å². The summed E-state index contributed by atoms with van der Waals surface area (Å²) in [6.07, 6.45) is 5.01. The zero-order chi connectivity index (χ0) is 17.5. The first-order valence-electron chi connectivity index (χ1n) is 9.02. The zero-order valence-corrected chi connectivity index (χ0v) is 17.7. The Bertz CT molecular complexity index is 690. The summed E-state index contributed by atoms with van der Waals surface area (Å²) < 4.78 is 5.95. The van der Waals surface area contributed by atoms with Crippen LogP contribution in [0.15, 0.2) is 35.5 Å². The van der Waals surface area contributed by atoms with Crippen molar-refractivity contribution in [2.45, 2.75) is 39.2 Å². The molecule has 0 amide bonds. The van der Waals surface area contributed by atoms with E-state index in [1.165, 1.54) is 11.1 Å². The van der Waals surface area contributed by atoms with Gasteiger partial charge in [0.2, 0.25) is 0 Å². The first kappa shape index (κ1) is 20.5. The molecule has 0 saturated carbocycles. The maximum atomic E-state index is 5.95. The van der Waals surface area contributed by atoms with Crippen molar-refractivity contribution in [2.24, 2.45) is 4.99 Å². The predicted octanol–water partition coefficient (Wildman–Crippen LogP) is 2.83. The van der Waals surface area contributed by atoms with E-state index < -0.39 is 0 Å². The highest BCUT2D eigenvalue weighted by atomic mass is 127. The van der Waals surface area contributed by atoms with Crippen molar-refractivity contribution in [1.29, 1.82) is 0 Å². The average Bonchev–Trinajstić information content (AvgIpc) is 3.22. The average molecular weight is 469 g/mol. The van der Waals surface area contributed by atoms with Gasteiger partial charge >= 0.3 is 0 Å². The number of nitrogens with zero attached hydrogens (tertiary/aromatic N) is 2. The lowest BCUT2D eigenvalue weighted by molar-refractivity contribution is 0.241. The summed E-state index contributed by atoms with van der Waals surface area (Å²) >= 11 is 0. The number of benzene rings is 1. The number of ether oxygens (including phenoxy) is 1. The molecule has 0 fully saturated rings. The summed E-state index contributed by atoms with van der Waals surface area (Å²) in [4.78, 5) is 4.68. The second-order valence-corrected chi connectivity index (χ2v) is 6.32. The van der Waals surface area contributed by atoms with Gasteiger partial charge in [-0.3, -0.25) is 5.10 Å². The molecule has 2 heterocycles. The van der Waals surface area contributed by atoms with Crippen molar-refractivity contribution >= 4 is 29.9 Å². The van der Waals surface area contributed by atoms with Gasteiger partial charge in [0, 0.05) is 25.2 Å². The first-order chi connectivity index (χ1) is 12.3. The molecule has 1 aromatic heterocycles. The molecule has 1 atom stereocenters. The number of para-hydroxylation sites is 1. The number of aliphatic imine (C=N–C) groups is 1. The molecule has 26 heavy (non-hydrogen) atoms. The van der Waals surface area contributed by atoms with E-state index in [1.807, 2.05) is 18.3 Å². The third-order valence-electron chi connectivity index (χ3n) is 4.36. The SMILES string of the molecule is CCNC(=NCC1Cc2ccccc2O1)NCCCc1cn[nH]c1C.I. The number of hydrogen-bond donors (Lipinski definition) is 3. The summed E-state index contributed by atoms with van der Waals surface area (Å²) in [5, 5.41) is 13.7. The zero-order valence-electron chi connectivity index (χ0n) is 15.4. The lowest BCUT2D eigenvalue weighted by Crippen LogP contribution is -2.38. The van der Waals surface area contributed by atoms with Gasteiger partial charge in [0.25, 0.3) is 0 Å². The number of H-pyrrole nitrogens is 1. The minimum Gasteiger partial charge on any atom is -0.488 e. The van der Waals surface area contributed by atoms with Crippen LogP contribution in [0.25, 0.3) is 0 Å². The molecule has 0 bridgehead atoms. The Morgan fingerprint density at radius 1 is 1.35 bits per heavy atom. The van der Waals surface area contributed by atoms with Crippen LogP contribution in [-0.4, -0.2) is 41.9 Å². The van der Waals surface area contributed by atoms with Crippen molar-refractivity contribution in [2.75, 3.05) is 19.6 Å². The van der Waals surface area contributed by atoms with E-state index in [1.54, 1.807) is 0 Å². The monoisotopic (exact) mass is 469 g/mol. The Labute approximate surface area is 172 Å². The molecule has 3 rings (SSSR count). The Balaban J connectivity index is 0.00000243. The molecule has 1 aliphatic heterocycles. The Morgan fingerprint density at radius 3 is 2.92 bits per heavy atom. The molecule has 3 N–H and O–H groups in total. The molecule has 142 valence electrons. The van der Waals surface area contributed by atoms with Gasteiger partial charge in [-0.15, -0.1) is 24.0 Å². The topological polar surface area (TPSA) is 74.3 Å². The smallest absolute Gasteiger partial charge is 0.191 e. The number of halogens is 1. The van der Waals surface area contributed by atoms with Crippen LogP contribution >= 0.6 is 24.0 Å². The molecule has 0 spiro atoms. The van der Waals surface area contributed by atoms with Crippen molar-refractivity contribution < 1.29 is 4.74 Å². The first-order valence-corrected chi connectivity index (χ1v) is 9.02. The van der Waals surface area contributed by atoms with Crippen LogP contribution in [0.1, 0.15) is 30.2 Å². The highest BCUT2D eigenvalue weighted by Gasteiger charge is 2.21. The molecule has 0 radical (unpaired) electrons. The molecule has 0 aliphatic carbocycles. The van der Waals surface area contributed by atoms with Gasteiger partial charge in [0.05, 0.1) is 12.7 Å². The van der Waals surface area contributed by atoms with E-state index in [2.05, 4.69) is 51.8 Å². The van der Waals surface area contributed by atoms with E-state index in [0.717, 1.165) is 49.8 Å². The molecule has 6 nitrogen and oxygen atoms in total. The van der Waals surface area contributed by atoms with Crippen molar-refractivity contribution in [3.05, 3.63) is 47.3 Å². The van der Waals surface area contributed by atoms with Gasteiger partial charge in [0.15, 0.2) is 5.96 Å². The van der Waals surface area contributed by atoms with Crippen molar-refractivity contribution in [1.82, 2.24) is 20.8 Å². The molecule has 1 aliphatic rings. The summed E-state index contributed by atoms with van der Waals surface area (Å²) in [6, 6.07) is 8.22. The minimum atomic E-state index is 0. The maximum absolute atomic E-state index is 5.95. The number of nitrogens with one attached hydrogen (secondary N) is 3. The minimum absolute atomic E-state index is 0. The highest BCUT2D eigenvalue weighted by Crippen LogP contribution is 2.28. The van der Waals surface area contributed by atoms with Gasteiger partial charge in [-0.2, -0.15) is 5.10 Å². The Kier molecular flexibility index (Phi) is 8.21. The van der Waals surface area contributed by atoms with Crippen LogP contribution in [0.5, 0.6) is 5.75 Å². The molecular formula is C19H28IN5O. The van der Waals surface area contributed by atoms with Gasteiger partial charge < -0.3 is 15.4 Å². The van der Waals surface area contributed by atoms with Crippen LogP contribution in [-0.2, 0) is 12.8 Å². The summed E-state index contributed by atoms with van der Waals surface area (Å²) in [6.45, 7) is 6.51. The third kappa shape index (κ3) is 5.62. The number of fused-ring (bicyclic) bond motifs is 1. The maximum Gasteiger partial charge on any atom is 0.191 e. The van der Waals surface area contributed by atoms with Crippen LogP contribution in [0.2, 0.25) is 0 Å². The lowest BCUT2D eigenvalue weighted by atomic mass is 10.1. The van der Waals surface area contributed by atoms with Gasteiger partial charge in [-0.05, 0) is 43.9 Å². The number of aromatic nitrogens is 2. The van der Waals surface area contributed by atoms with E-state index in [-0.39, 0.29) is 30.1 Å². The summed E-state index contributed by atoms with van der Waals surface area (Å²) in [5.41, 5.74) is 3.70. The number of hydrogen-bond acceptors (Lipinski definition) is 3. The molecule has 0 saturated heterocycles. The second-order valence-electron chi connectivity index (χ2n) is 6.32. The standard InChI is InChI=1S/C19H27N5O.HI/c1-3-20-19(21-10-6-8-16-12-23-24-14(16)2)22-13-17-11-15-7-4-5-9-18(15)25-17;/h4-5,7,9,12,17H,3,6,8,10-11,13H2,1-2H3,(H,23,24)(H2,20,21,22);1H. The second kappa shape index (κ2) is 10.4. The number of aromatic amines is 1. The van der Waals surface area contributed by atoms with E-state index in [0.29, 0.717) is 6.54 Å². The van der Waals surface area contributed by atoms with Crippen LogP contribution in [0, 0.1) is 6.92 Å².